The van der Waals surface area contributed by atoms with E-state index in [-0.39, 0.29) is 22.4 Å². The molecule has 1 amide bonds. The predicted molar refractivity (Wildman–Crippen MR) is 103 cm³/mol. The third-order valence-electron chi connectivity index (χ3n) is 6.09. The Labute approximate surface area is 158 Å². The van der Waals surface area contributed by atoms with Gasteiger partial charge in [-0.1, -0.05) is 6.42 Å². The molecular formula is C20H25N5O2. The number of carbonyl (C=O) groups excluding carboxylic acids is 1. The summed E-state index contributed by atoms with van der Waals surface area (Å²) in [5.41, 5.74) is 1.73. The van der Waals surface area contributed by atoms with Crippen molar-refractivity contribution >= 4 is 11.9 Å². The molecule has 1 saturated carbocycles. The lowest BCUT2D eigenvalue weighted by Gasteiger charge is -2.29. The Balaban J connectivity index is 1.52. The highest BCUT2D eigenvalue weighted by Crippen LogP contribution is 2.48. The van der Waals surface area contributed by atoms with Crippen LogP contribution in [0.2, 0.25) is 0 Å². The molecule has 2 aromatic heterocycles. The SMILES string of the molecule is Cc1cnc(NC[C@]23CCC[C@H]2CN(C(=O)c2c(C)cc[nH]c2=O)C3)nc1. The first-order chi connectivity index (χ1) is 13.0. The zero-order chi connectivity index (χ0) is 19.0. The number of anilines is 1. The number of aromatic amines is 1. The van der Waals surface area contributed by atoms with Crippen molar-refractivity contribution in [2.75, 3.05) is 25.0 Å². The van der Waals surface area contributed by atoms with Gasteiger partial charge in [-0.25, -0.2) is 9.97 Å². The molecule has 2 aliphatic rings. The van der Waals surface area contributed by atoms with Crippen LogP contribution in [0.1, 0.15) is 40.7 Å². The molecule has 2 fully saturated rings. The lowest BCUT2D eigenvalue weighted by molar-refractivity contribution is 0.0768. The standard InChI is InChI=1S/C20H25N5O2/c1-13-8-22-19(23-9-13)24-11-20-6-3-4-15(20)10-25(12-20)18(27)16-14(2)5-7-21-17(16)26/h5,7-9,15H,3-4,6,10-12H2,1-2H3,(H,21,26)(H,22,23,24)/t15-,20-/m0/s1. The highest BCUT2D eigenvalue weighted by Gasteiger charge is 2.50. The monoisotopic (exact) mass is 367 g/mol. The van der Waals surface area contributed by atoms with E-state index in [2.05, 4.69) is 20.3 Å². The van der Waals surface area contributed by atoms with Gasteiger partial charge in [0.1, 0.15) is 5.56 Å². The lowest BCUT2D eigenvalue weighted by atomic mass is 9.81. The van der Waals surface area contributed by atoms with Crippen LogP contribution in [0.4, 0.5) is 5.95 Å². The van der Waals surface area contributed by atoms with Crippen molar-refractivity contribution in [3.8, 4) is 0 Å². The molecule has 2 atom stereocenters. The second kappa shape index (κ2) is 6.79. The van der Waals surface area contributed by atoms with Crippen molar-refractivity contribution < 1.29 is 4.79 Å². The number of aromatic nitrogens is 3. The zero-order valence-corrected chi connectivity index (χ0v) is 15.8. The van der Waals surface area contributed by atoms with Gasteiger partial charge < -0.3 is 15.2 Å². The molecule has 1 aliphatic carbocycles. The summed E-state index contributed by atoms with van der Waals surface area (Å²) in [5.74, 6) is 0.915. The van der Waals surface area contributed by atoms with Crippen molar-refractivity contribution in [2.45, 2.75) is 33.1 Å². The third-order valence-corrected chi connectivity index (χ3v) is 6.09. The minimum atomic E-state index is -0.308. The Morgan fingerprint density at radius 3 is 2.89 bits per heavy atom. The number of nitrogens with zero attached hydrogens (tertiary/aromatic N) is 3. The predicted octanol–water partition coefficient (Wildman–Crippen LogP) is 2.14. The molecule has 27 heavy (non-hydrogen) atoms. The Kier molecular flexibility index (Phi) is 4.45. The molecule has 7 nitrogen and oxygen atoms in total. The number of rotatable bonds is 4. The van der Waals surface area contributed by atoms with Crippen LogP contribution in [-0.2, 0) is 0 Å². The zero-order valence-electron chi connectivity index (χ0n) is 15.8. The molecule has 142 valence electrons. The van der Waals surface area contributed by atoms with Gasteiger partial charge >= 0.3 is 0 Å². The Morgan fingerprint density at radius 2 is 2.15 bits per heavy atom. The summed E-state index contributed by atoms with van der Waals surface area (Å²) < 4.78 is 0. The first-order valence-corrected chi connectivity index (χ1v) is 9.49. The minimum Gasteiger partial charge on any atom is -0.354 e. The molecule has 1 aliphatic heterocycles. The fraction of sp³-hybridized carbons (Fsp3) is 0.500. The molecule has 7 heteroatoms. The molecule has 0 radical (unpaired) electrons. The van der Waals surface area contributed by atoms with Crippen LogP contribution in [0.25, 0.3) is 0 Å². The van der Waals surface area contributed by atoms with Crippen molar-refractivity contribution in [2.24, 2.45) is 11.3 Å². The molecule has 0 aromatic carbocycles. The van der Waals surface area contributed by atoms with E-state index in [4.69, 9.17) is 0 Å². The average molecular weight is 367 g/mol. The summed E-state index contributed by atoms with van der Waals surface area (Å²) in [6.45, 7) is 5.90. The van der Waals surface area contributed by atoms with E-state index in [1.165, 1.54) is 6.42 Å². The van der Waals surface area contributed by atoms with Crippen LogP contribution in [0.3, 0.4) is 0 Å². The summed E-state index contributed by atoms with van der Waals surface area (Å²) in [6, 6.07) is 1.78. The van der Waals surface area contributed by atoms with Crippen molar-refractivity contribution in [1.29, 1.82) is 0 Å². The van der Waals surface area contributed by atoms with Crippen LogP contribution in [0.5, 0.6) is 0 Å². The van der Waals surface area contributed by atoms with E-state index in [9.17, 15) is 9.59 Å². The van der Waals surface area contributed by atoms with Crippen molar-refractivity contribution in [3.63, 3.8) is 0 Å². The van der Waals surface area contributed by atoms with E-state index >= 15 is 0 Å². The van der Waals surface area contributed by atoms with Crippen LogP contribution in [0, 0.1) is 25.2 Å². The van der Waals surface area contributed by atoms with Gasteiger partial charge in [0.15, 0.2) is 0 Å². The maximum Gasteiger partial charge on any atom is 0.261 e. The summed E-state index contributed by atoms with van der Waals surface area (Å²) in [5, 5.41) is 3.37. The summed E-state index contributed by atoms with van der Waals surface area (Å²) in [7, 11) is 0. The van der Waals surface area contributed by atoms with E-state index in [1.807, 2.05) is 18.7 Å². The number of likely N-dealkylation sites (tertiary alicyclic amines) is 1. The molecular weight excluding hydrogens is 342 g/mol. The fourth-order valence-corrected chi connectivity index (χ4v) is 4.60. The van der Waals surface area contributed by atoms with Gasteiger partial charge in [-0.15, -0.1) is 0 Å². The topological polar surface area (TPSA) is 91.0 Å². The van der Waals surface area contributed by atoms with E-state index in [0.717, 1.165) is 30.5 Å². The van der Waals surface area contributed by atoms with Gasteiger partial charge in [0.05, 0.1) is 0 Å². The Bertz CT molecular complexity index is 907. The molecule has 0 bridgehead atoms. The number of H-pyrrole nitrogens is 1. The van der Waals surface area contributed by atoms with E-state index in [1.54, 1.807) is 24.7 Å². The van der Waals surface area contributed by atoms with Gasteiger partial charge in [0.2, 0.25) is 5.95 Å². The number of hydrogen-bond donors (Lipinski definition) is 2. The number of fused-ring (bicyclic) bond motifs is 1. The normalized spacial score (nSPS) is 24.1. The lowest BCUT2D eigenvalue weighted by Crippen LogP contribution is -2.38. The van der Waals surface area contributed by atoms with Crippen LogP contribution in [0.15, 0.2) is 29.5 Å². The van der Waals surface area contributed by atoms with Crippen LogP contribution < -0.4 is 10.9 Å². The fourth-order valence-electron chi connectivity index (χ4n) is 4.60. The van der Waals surface area contributed by atoms with Gasteiger partial charge in [-0.2, -0.15) is 0 Å². The van der Waals surface area contributed by atoms with Gasteiger partial charge in [0.25, 0.3) is 11.5 Å². The van der Waals surface area contributed by atoms with Gasteiger partial charge in [-0.05, 0) is 49.8 Å². The van der Waals surface area contributed by atoms with Crippen molar-refractivity contribution in [3.05, 3.63) is 51.7 Å². The molecule has 1 saturated heterocycles. The molecule has 2 aromatic rings. The van der Waals surface area contributed by atoms with Crippen molar-refractivity contribution in [1.82, 2.24) is 19.9 Å². The smallest absolute Gasteiger partial charge is 0.261 e. The Hall–Kier alpha value is -2.70. The van der Waals surface area contributed by atoms with E-state index in [0.29, 0.717) is 25.0 Å². The average Bonchev–Trinajstić information content (AvgIpc) is 3.18. The third kappa shape index (κ3) is 3.22. The summed E-state index contributed by atoms with van der Waals surface area (Å²) in [6.07, 6.45) is 8.55. The maximum absolute atomic E-state index is 13.0. The number of amides is 1. The number of nitrogens with one attached hydrogen (secondary N) is 2. The number of aryl methyl sites for hydroxylation is 2. The minimum absolute atomic E-state index is 0.0271. The first kappa shape index (κ1) is 17.7. The van der Waals surface area contributed by atoms with Gasteiger partial charge in [-0.3, -0.25) is 9.59 Å². The van der Waals surface area contributed by atoms with Crippen LogP contribution >= 0.6 is 0 Å². The number of pyridine rings is 1. The highest BCUT2D eigenvalue weighted by molar-refractivity contribution is 5.95. The van der Waals surface area contributed by atoms with E-state index < -0.39 is 0 Å². The summed E-state index contributed by atoms with van der Waals surface area (Å²) >= 11 is 0. The van der Waals surface area contributed by atoms with Crippen LogP contribution in [-0.4, -0.2) is 45.4 Å². The second-order valence-electron chi connectivity index (χ2n) is 7.94. The molecule has 4 rings (SSSR count). The quantitative estimate of drug-likeness (QED) is 0.864. The molecule has 0 unspecified atom stereocenters. The highest BCUT2D eigenvalue weighted by atomic mass is 16.2. The molecule has 0 spiro atoms. The maximum atomic E-state index is 13.0. The molecule has 3 heterocycles. The number of carbonyl (C=O) groups is 1. The largest absolute Gasteiger partial charge is 0.354 e. The summed E-state index contributed by atoms with van der Waals surface area (Å²) in [4.78, 5) is 38.3. The number of hydrogen-bond acceptors (Lipinski definition) is 5. The Morgan fingerprint density at radius 1 is 1.37 bits per heavy atom. The van der Waals surface area contributed by atoms with Gasteiger partial charge in [0, 0.05) is 43.6 Å². The molecule has 2 N–H and O–H groups in total. The second-order valence-corrected chi connectivity index (χ2v) is 7.94. The first-order valence-electron chi connectivity index (χ1n) is 9.49.